The smallest absolute Gasteiger partial charge is 0.238 e. The summed E-state index contributed by atoms with van der Waals surface area (Å²) in [7, 11) is 0. The number of benzene rings is 2. The molecule has 2 aliphatic heterocycles. The van der Waals surface area contributed by atoms with Crippen molar-refractivity contribution in [2.45, 2.75) is 32.3 Å². The van der Waals surface area contributed by atoms with Crippen LogP contribution >= 0.6 is 0 Å². The van der Waals surface area contributed by atoms with Crippen molar-refractivity contribution in [3.8, 4) is 5.75 Å². The van der Waals surface area contributed by atoms with E-state index >= 15 is 0 Å². The van der Waals surface area contributed by atoms with Crippen LogP contribution in [-0.4, -0.2) is 34.6 Å². The van der Waals surface area contributed by atoms with E-state index in [0.29, 0.717) is 18.7 Å². The van der Waals surface area contributed by atoms with Gasteiger partial charge in [-0.3, -0.25) is 19.5 Å². The number of hydrogen-bond acceptors (Lipinski definition) is 5. The molecule has 1 N–H and O–H groups in total. The van der Waals surface area contributed by atoms with Gasteiger partial charge >= 0.3 is 0 Å². The Morgan fingerprint density at radius 3 is 2.50 bits per heavy atom. The molecule has 6 heteroatoms. The predicted octanol–water partition coefficient (Wildman–Crippen LogP) is 5.65. The largest absolute Gasteiger partial charge is 0.508 e. The van der Waals surface area contributed by atoms with E-state index in [9.17, 15) is 14.7 Å². The Bertz CT molecular complexity index is 1410. The number of amides is 2. The lowest BCUT2D eigenvalue weighted by Crippen LogP contribution is -2.34. The molecular formula is C32H30N2O4. The first-order valence-corrected chi connectivity index (χ1v) is 13.2. The first kappa shape index (κ1) is 24.3. The lowest BCUT2D eigenvalue weighted by atomic mass is 9.70. The number of aromatic nitrogens is 1. The molecule has 192 valence electrons. The van der Waals surface area contributed by atoms with Crippen LogP contribution in [0.25, 0.3) is 11.6 Å². The van der Waals surface area contributed by atoms with Crippen LogP contribution in [0, 0.1) is 17.8 Å². The minimum absolute atomic E-state index is 0.0664. The van der Waals surface area contributed by atoms with E-state index in [-0.39, 0.29) is 41.4 Å². The number of para-hydroxylation sites is 1. The Morgan fingerprint density at radius 2 is 1.76 bits per heavy atom. The fourth-order valence-electron chi connectivity index (χ4n) is 6.35. The highest BCUT2D eigenvalue weighted by Gasteiger charge is 2.56. The standard InChI is InChI=1S/C32H30N2O4/c1-20-17-25-30(32(37)34(31(25)36)23-7-3-2-4-8-23)26-19-38-28(29(20)26)15-12-22(27-9-5-6-16-33-27)18-21-10-13-24(35)14-11-21/h2-11,13-14,16,18,25-26,28,30,35H,12,15,17,19H2,1H3/b22-18-/t25-,26+,28-,30-/m1/s1. The second-order valence-electron chi connectivity index (χ2n) is 10.4. The summed E-state index contributed by atoms with van der Waals surface area (Å²) < 4.78 is 6.33. The van der Waals surface area contributed by atoms with Crippen molar-refractivity contribution in [2.75, 3.05) is 11.5 Å². The molecule has 3 aromatic rings. The number of hydrogen-bond donors (Lipinski definition) is 1. The molecular weight excluding hydrogens is 476 g/mol. The minimum Gasteiger partial charge on any atom is -0.508 e. The van der Waals surface area contributed by atoms with Crippen LogP contribution in [0.3, 0.4) is 0 Å². The van der Waals surface area contributed by atoms with Gasteiger partial charge in [0.1, 0.15) is 5.75 Å². The van der Waals surface area contributed by atoms with Gasteiger partial charge < -0.3 is 9.84 Å². The van der Waals surface area contributed by atoms with Gasteiger partial charge in [0.05, 0.1) is 35.9 Å². The molecule has 0 spiro atoms. The van der Waals surface area contributed by atoms with Gasteiger partial charge in [0.25, 0.3) is 0 Å². The van der Waals surface area contributed by atoms with Crippen molar-refractivity contribution in [1.82, 2.24) is 4.98 Å². The first-order chi connectivity index (χ1) is 18.5. The zero-order valence-corrected chi connectivity index (χ0v) is 21.3. The number of pyridine rings is 1. The second-order valence-corrected chi connectivity index (χ2v) is 10.4. The maximum atomic E-state index is 13.6. The number of imide groups is 1. The van der Waals surface area contributed by atoms with Gasteiger partial charge in [0.2, 0.25) is 11.8 Å². The van der Waals surface area contributed by atoms with Crippen LogP contribution in [0.15, 0.2) is 90.1 Å². The molecule has 6 nitrogen and oxygen atoms in total. The highest BCUT2D eigenvalue weighted by atomic mass is 16.5. The van der Waals surface area contributed by atoms with Gasteiger partial charge in [-0.15, -0.1) is 0 Å². The summed E-state index contributed by atoms with van der Waals surface area (Å²) >= 11 is 0. The normalized spacial score (nSPS) is 25.1. The van der Waals surface area contributed by atoms with Crippen LogP contribution in [0.2, 0.25) is 0 Å². The fourth-order valence-corrected chi connectivity index (χ4v) is 6.35. The number of allylic oxidation sites excluding steroid dienone is 2. The third kappa shape index (κ3) is 4.35. The fraction of sp³-hybridized carbons (Fsp3) is 0.281. The molecule has 2 saturated heterocycles. The Labute approximate surface area is 222 Å². The van der Waals surface area contributed by atoms with E-state index < -0.39 is 0 Å². The maximum Gasteiger partial charge on any atom is 0.238 e. The monoisotopic (exact) mass is 506 g/mol. The number of carbonyl (C=O) groups is 2. The first-order valence-electron chi connectivity index (χ1n) is 13.2. The van der Waals surface area contributed by atoms with E-state index in [2.05, 4.69) is 18.0 Å². The Morgan fingerprint density at radius 1 is 1.00 bits per heavy atom. The molecule has 0 saturated carbocycles. The number of carbonyl (C=O) groups excluding carboxylic acids is 2. The molecule has 0 unspecified atom stereocenters. The van der Waals surface area contributed by atoms with Crippen LogP contribution in [0.4, 0.5) is 5.69 Å². The number of nitrogens with zero attached hydrogens (tertiary/aromatic N) is 2. The van der Waals surface area contributed by atoms with Crippen LogP contribution in [0.5, 0.6) is 5.75 Å². The van der Waals surface area contributed by atoms with Gasteiger partial charge in [-0.2, -0.15) is 0 Å². The highest BCUT2D eigenvalue weighted by molar-refractivity contribution is 6.22. The van der Waals surface area contributed by atoms with Gasteiger partial charge in [0, 0.05) is 12.1 Å². The number of aromatic hydroxyl groups is 1. The summed E-state index contributed by atoms with van der Waals surface area (Å²) in [6.45, 7) is 2.55. The number of fused-ring (bicyclic) bond motifs is 3. The average molecular weight is 507 g/mol. The number of phenols is 1. The number of anilines is 1. The minimum atomic E-state index is -0.366. The maximum absolute atomic E-state index is 13.6. The zero-order valence-electron chi connectivity index (χ0n) is 21.3. The van der Waals surface area contributed by atoms with Gasteiger partial charge in [0.15, 0.2) is 0 Å². The van der Waals surface area contributed by atoms with Gasteiger partial charge in [-0.1, -0.05) is 42.0 Å². The third-order valence-corrected chi connectivity index (χ3v) is 8.07. The van der Waals surface area contributed by atoms with Crippen LogP contribution in [0.1, 0.15) is 37.4 Å². The van der Waals surface area contributed by atoms with Crippen LogP contribution in [-0.2, 0) is 14.3 Å². The number of phenolic OH excluding ortho intramolecular Hbond substituents is 1. The molecule has 4 atom stereocenters. The summed E-state index contributed by atoms with van der Waals surface area (Å²) in [6.07, 6.45) is 5.89. The lowest BCUT2D eigenvalue weighted by Gasteiger charge is -2.30. The van der Waals surface area contributed by atoms with Gasteiger partial charge in [-0.05, 0) is 85.4 Å². The number of rotatable bonds is 6. The van der Waals surface area contributed by atoms with Crippen LogP contribution < -0.4 is 4.90 Å². The van der Waals surface area contributed by atoms with E-state index in [4.69, 9.17) is 4.74 Å². The number of ether oxygens (including phenoxy) is 1. The molecule has 2 fully saturated rings. The molecule has 1 aromatic heterocycles. The summed E-state index contributed by atoms with van der Waals surface area (Å²) in [5.74, 6) is -0.723. The Balaban J connectivity index is 1.24. The average Bonchev–Trinajstić information content (AvgIpc) is 3.47. The van der Waals surface area contributed by atoms with E-state index in [1.807, 2.05) is 60.7 Å². The molecule has 0 bridgehead atoms. The SMILES string of the molecule is CC1=C2[C@@H](CC/C(=C/c3ccc(O)cc3)c3ccccn3)OC[C@@H]2[C@@H]2C(=O)N(c3ccccc3)C(=O)[C@@H]2C1. The summed E-state index contributed by atoms with van der Waals surface area (Å²) in [4.78, 5) is 32.9. The summed E-state index contributed by atoms with van der Waals surface area (Å²) in [5.41, 5.74) is 5.99. The zero-order chi connectivity index (χ0) is 26.2. The van der Waals surface area contributed by atoms with Gasteiger partial charge in [-0.25, -0.2) is 0 Å². The molecule has 2 amide bonds. The molecule has 1 aliphatic carbocycles. The van der Waals surface area contributed by atoms with Crippen molar-refractivity contribution in [1.29, 1.82) is 0 Å². The molecule has 6 rings (SSSR count). The van der Waals surface area contributed by atoms with E-state index in [1.54, 1.807) is 18.3 Å². The molecule has 3 heterocycles. The summed E-state index contributed by atoms with van der Waals surface area (Å²) in [5, 5.41) is 9.67. The van der Waals surface area contributed by atoms with Crippen molar-refractivity contribution in [3.63, 3.8) is 0 Å². The quantitative estimate of drug-likeness (QED) is 0.345. The molecule has 2 aromatic carbocycles. The lowest BCUT2D eigenvalue weighted by molar-refractivity contribution is -0.122. The van der Waals surface area contributed by atoms with Crippen molar-refractivity contribution < 1.29 is 19.4 Å². The topological polar surface area (TPSA) is 79.7 Å². The Kier molecular flexibility index (Phi) is 6.42. The molecule has 3 aliphatic rings. The van der Waals surface area contributed by atoms with Crippen molar-refractivity contribution >= 4 is 29.2 Å². The second kappa shape index (κ2) is 10.0. The third-order valence-electron chi connectivity index (χ3n) is 8.07. The molecule has 0 radical (unpaired) electrons. The highest BCUT2D eigenvalue weighted by Crippen LogP contribution is 2.50. The summed E-state index contributed by atoms with van der Waals surface area (Å²) in [6, 6.07) is 22.2. The van der Waals surface area contributed by atoms with Crippen molar-refractivity contribution in [3.05, 3.63) is 101 Å². The van der Waals surface area contributed by atoms with Crippen molar-refractivity contribution in [2.24, 2.45) is 17.8 Å². The Hall–Kier alpha value is -4.03. The molecule has 38 heavy (non-hydrogen) atoms. The van der Waals surface area contributed by atoms with E-state index in [1.165, 1.54) is 16.0 Å². The van der Waals surface area contributed by atoms with E-state index in [0.717, 1.165) is 29.7 Å². The predicted molar refractivity (Wildman–Crippen MR) is 146 cm³/mol.